The minimum Gasteiger partial charge on any atom is -0.451 e. The highest BCUT2D eigenvalue weighted by molar-refractivity contribution is 6.48. The van der Waals surface area contributed by atoms with Gasteiger partial charge in [0.1, 0.15) is 0 Å². The molecule has 1 aliphatic rings. The second-order valence-electron chi connectivity index (χ2n) is 5.87. The van der Waals surface area contributed by atoms with Gasteiger partial charge in [0.05, 0.1) is 21.1 Å². The van der Waals surface area contributed by atoms with E-state index in [1.54, 1.807) is 0 Å². The Morgan fingerprint density at radius 3 is 2.77 bits per heavy atom. The third-order valence-electron chi connectivity index (χ3n) is 4.15. The molecule has 26 heavy (non-hydrogen) atoms. The van der Waals surface area contributed by atoms with Crippen LogP contribution in [0.25, 0.3) is 0 Å². The molecule has 1 heterocycles. The molecule has 0 radical (unpaired) electrons. The van der Waals surface area contributed by atoms with Crippen LogP contribution in [0.1, 0.15) is 40.5 Å². The van der Waals surface area contributed by atoms with E-state index < -0.39 is 18.5 Å². The largest absolute Gasteiger partial charge is 0.451 e. The molecule has 0 saturated carbocycles. The molecule has 8 heteroatoms. The zero-order chi connectivity index (χ0) is 18.7. The topological polar surface area (TPSA) is 68.3 Å². The summed E-state index contributed by atoms with van der Waals surface area (Å²) in [6.07, 6.45) is 4.03. The minimum atomic E-state index is -0.840. The second kappa shape index (κ2) is 8.25. The van der Waals surface area contributed by atoms with Crippen molar-refractivity contribution in [2.45, 2.75) is 25.3 Å². The molecule has 0 saturated heterocycles. The number of carbonyl (C=O) groups excluding carboxylic acids is 2. The summed E-state index contributed by atoms with van der Waals surface area (Å²) in [6.45, 7) is -0.435. The summed E-state index contributed by atoms with van der Waals surface area (Å²) in [6, 6.07) is 7.91. The van der Waals surface area contributed by atoms with Gasteiger partial charge in [-0.3, -0.25) is 4.79 Å². The van der Waals surface area contributed by atoms with Gasteiger partial charge < -0.3 is 10.1 Å². The summed E-state index contributed by atoms with van der Waals surface area (Å²) in [5.41, 5.74) is 2.15. The van der Waals surface area contributed by atoms with Gasteiger partial charge in [0.15, 0.2) is 12.3 Å². The normalized spacial score (nSPS) is 15.9. The van der Waals surface area contributed by atoms with Gasteiger partial charge in [0.25, 0.3) is 5.91 Å². The van der Waals surface area contributed by atoms with E-state index in [2.05, 4.69) is 16.4 Å². The predicted octanol–water partition coefficient (Wildman–Crippen LogP) is 4.39. The Labute approximate surface area is 165 Å². The molecule has 2 aromatic rings. The highest BCUT2D eigenvalue weighted by Crippen LogP contribution is 2.31. The maximum absolute atomic E-state index is 12.2. The summed E-state index contributed by atoms with van der Waals surface area (Å²) in [7, 11) is 0. The van der Waals surface area contributed by atoms with Gasteiger partial charge in [-0.25, -0.2) is 9.78 Å². The Kier molecular flexibility index (Phi) is 6.01. The average molecular weight is 414 g/mol. The van der Waals surface area contributed by atoms with Crippen molar-refractivity contribution >= 4 is 46.7 Å². The van der Waals surface area contributed by atoms with E-state index in [-0.39, 0.29) is 26.8 Å². The van der Waals surface area contributed by atoms with Gasteiger partial charge in [-0.1, -0.05) is 59.1 Å². The van der Waals surface area contributed by atoms with Crippen LogP contribution in [0, 0.1) is 0 Å². The van der Waals surface area contributed by atoms with E-state index >= 15 is 0 Å². The molecule has 1 aromatic carbocycles. The fourth-order valence-corrected chi connectivity index (χ4v) is 3.48. The third-order valence-corrected chi connectivity index (χ3v) is 5.39. The number of rotatable bonds is 4. The smallest absolute Gasteiger partial charge is 0.359 e. The van der Waals surface area contributed by atoms with E-state index in [0.717, 1.165) is 24.8 Å². The highest BCUT2D eigenvalue weighted by Gasteiger charge is 2.23. The van der Waals surface area contributed by atoms with Crippen molar-refractivity contribution in [1.29, 1.82) is 0 Å². The number of hydrogen-bond acceptors (Lipinski definition) is 4. The van der Waals surface area contributed by atoms with Gasteiger partial charge in [0, 0.05) is 6.20 Å². The van der Waals surface area contributed by atoms with Crippen LogP contribution in [-0.2, 0) is 16.0 Å². The summed E-state index contributed by atoms with van der Waals surface area (Å²) in [5, 5.41) is 2.93. The number of nitrogens with zero attached hydrogens (tertiary/aromatic N) is 1. The lowest BCUT2D eigenvalue weighted by Crippen LogP contribution is -2.34. The lowest BCUT2D eigenvalue weighted by molar-refractivity contribution is -0.125. The van der Waals surface area contributed by atoms with Gasteiger partial charge in [-0.05, 0) is 30.4 Å². The standard InChI is InChI=1S/C18H15Cl3N2O3/c19-12-8-22-17(16(21)15(12)20)18(25)26-9-14(24)23-13-7-3-5-10-4-1-2-6-11(10)13/h1-2,4,6,8,13H,3,5,7,9H2,(H,23,24). The molecular formula is C18H15Cl3N2O3. The van der Waals surface area contributed by atoms with Crippen molar-refractivity contribution in [3.8, 4) is 0 Å². The van der Waals surface area contributed by atoms with Crippen molar-refractivity contribution in [3.63, 3.8) is 0 Å². The van der Waals surface area contributed by atoms with Crippen molar-refractivity contribution in [3.05, 3.63) is 62.4 Å². The number of nitrogens with one attached hydrogen (secondary N) is 1. The fraction of sp³-hybridized carbons (Fsp3) is 0.278. The van der Waals surface area contributed by atoms with Gasteiger partial charge in [-0.2, -0.15) is 0 Å². The van der Waals surface area contributed by atoms with Gasteiger partial charge >= 0.3 is 5.97 Å². The van der Waals surface area contributed by atoms with Crippen LogP contribution in [0.2, 0.25) is 15.1 Å². The van der Waals surface area contributed by atoms with Crippen LogP contribution < -0.4 is 5.32 Å². The molecule has 1 atom stereocenters. The molecule has 136 valence electrons. The summed E-state index contributed by atoms with van der Waals surface area (Å²) >= 11 is 17.6. The Balaban J connectivity index is 1.60. The monoisotopic (exact) mass is 412 g/mol. The van der Waals surface area contributed by atoms with Crippen molar-refractivity contribution in [2.24, 2.45) is 0 Å². The molecule has 3 rings (SSSR count). The SMILES string of the molecule is O=C(COC(=O)c1ncc(Cl)c(Cl)c1Cl)NC1CCCc2ccccc21. The molecule has 5 nitrogen and oxygen atoms in total. The van der Waals surface area contributed by atoms with Gasteiger partial charge in [0.2, 0.25) is 0 Å². The van der Waals surface area contributed by atoms with E-state index in [4.69, 9.17) is 39.5 Å². The van der Waals surface area contributed by atoms with Crippen LogP contribution in [0.3, 0.4) is 0 Å². The molecule has 1 aromatic heterocycles. The number of esters is 1. The lowest BCUT2D eigenvalue weighted by Gasteiger charge is -2.26. The van der Waals surface area contributed by atoms with E-state index in [9.17, 15) is 9.59 Å². The molecule has 1 unspecified atom stereocenters. The van der Waals surface area contributed by atoms with Crippen LogP contribution in [0.4, 0.5) is 0 Å². The van der Waals surface area contributed by atoms with E-state index in [1.807, 2.05) is 18.2 Å². The third kappa shape index (κ3) is 4.11. The first-order valence-corrected chi connectivity index (χ1v) is 9.14. The number of aryl methyl sites for hydroxylation is 1. The molecule has 0 bridgehead atoms. The molecular weight excluding hydrogens is 399 g/mol. The first kappa shape index (κ1) is 19.0. The van der Waals surface area contributed by atoms with Crippen molar-refractivity contribution in [1.82, 2.24) is 10.3 Å². The summed E-state index contributed by atoms with van der Waals surface area (Å²) in [4.78, 5) is 28.1. The first-order valence-electron chi connectivity index (χ1n) is 8.01. The number of pyridine rings is 1. The number of halogens is 3. The maximum Gasteiger partial charge on any atom is 0.359 e. The van der Waals surface area contributed by atoms with E-state index in [1.165, 1.54) is 11.8 Å². The Bertz CT molecular complexity index is 858. The maximum atomic E-state index is 12.2. The Hall–Kier alpha value is -1.82. The summed E-state index contributed by atoms with van der Waals surface area (Å²) < 4.78 is 5.00. The fourth-order valence-electron chi connectivity index (χ4n) is 2.92. The van der Waals surface area contributed by atoms with Gasteiger partial charge in [-0.15, -0.1) is 0 Å². The van der Waals surface area contributed by atoms with Crippen molar-refractivity contribution < 1.29 is 14.3 Å². The lowest BCUT2D eigenvalue weighted by atomic mass is 9.88. The highest BCUT2D eigenvalue weighted by atomic mass is 35.5. The zero-order valence-electron chi connectivity index (χ0n) is 13.6. The molecule has 0 spiro atoms. The number of benzene rings is 1. The number of ether oxygens (including phenoxy) is 1. The molecule has 1 amide bonds. The number of fused-ring (bicyclic) bond motifs is 1. The summed E-state index contributed by atoms with van der Waals surface area (Å²) in [5.74, 6) is -1.23. The Morgan fingerprint density at radius 2 is 1.96 bits per heavy atom. The average Bonchev–Trinajstić information content (AvgIpc) is 2.65. The Morgan fingerprint density at radius 1 is 1.19 bits per heavy atom. The van der Waals surface area contributed by atoms with Crippen LogP contribution >= 0.6 is 34.8 Å². The minimum absolute atomic E-state index is 0.0125. The molecule has 1 aliphatic carbocycles. The number of hydrogen-bond donors (Lipinski definition) is 1. The second-order valence-corrected chi connectivity index (χ2v) is 7.03. The zero-order valence-corrected chi connectivity index (χ0v) is 15.9. The molecule has 0 aliphatic heterocycles. The predicted molar refractivity (Wildman–Crippen MR) is 99.8 cm³/mol. The van der Waals surface area contributed by atoms with Crippen LogP contribution in [0.5, 0.6) is 0 Å². The van der Waals surface area contributed by atoms with Crippen molar-refractivity contribution in [2.75, 3.05) is 6.61 Å². The number of aromatic nitrogens is 1. The molecule has 0 fully saturated rings. The molecule has 1 N–H and O–H groups in total. The number of carbonyl (C=O) groups is 2. The quantitative estimate of drug-likeness (QED) is 0.755. The number of amides is 1. The van der Waals surface area contributed by atoms with Crippen LogP contribution in [0.15, 0.2) is 30.5 Å². The van der Waals surface area contributed by atoms with E-state index in [0.29, 0.717) is 0 Å². The van der Waals surface area contributed by atoms with Crippen LogP contribution in [-0.4, -0.2) is 23.5 Å². The first-order chi connectivity index (χ1) is 12.5.